The zero-order valence-electron chi connectivity index (χ0n) is 15.0. The van der Waals surface area contributed by atoms with Crippen molar-refractivity contribution in [2.75, 3.05) is 26.2 Å². The highest BCUT2D eigenvalue weighted by Crippen LogP contribution is 2.41. The Bertz CT molecular complexity index is 612. The summed E-state index contributed by atoms with van der Waals surface area (Å²) in [5, 5.41) is 2.96. The summed E-state index contributed by atoms with van der Waals surface area (Å²) in [4.78, 5) is 30.1. The number of carbonyl (C=O) groups is 2. The van der Waals surface area contributed by atoms with Crippen LogP contribution in [0, 0.1) is 11.8 Å². The summed E-state index contributed by atoms with van der Waals surface area (Å²) in [5.74, 6) is 0.903. The van der Waals surface area contributed by atoms with Crippen LogP contribution in [0.15, 0.2) is 24.5 Å². The summed E-state index contributed by atoms with van der Waals surface area (Å²) in [7, 11) is 0. The molecule has 1 atom stereocenters. The molecule has 136 valence electrons. The van der Waals surface area contributed by atoms with Crippen molar-refractivity contribution in [3.8, 4) is 0 Å². The Morgan fingerprint density at radius 3 is 2.92 bits per heavy atom. The van der Waals surface area contributed by atoms with Gasteiger partial charge in [0.25, 0.3) is 5.91 Å². The van der Waals surface area contributed by atoms with E-state index in [9.17, 15) is 9.59 Å². The summed E-state index contributed by atoms with van der Waals surface area (Å²) < 4.78 is 6.00. The molecule has 0 radical (unpaired) electrons. The number of nitrogens with zero attached hydrogens (tertiary/aromatic N) is 2. The number of amides is 2. The third kappa shape index (κ3) is 4.00. The van der Waals surface area contributed by atoms with Crippen LogP contribution in [0.3, 0.4) is 0 Å². The van der Waals surface area contributed by atoms with Crippen molar-refractivity contribution < 1.29 is 14.3 Å². The van der Waals surface area contributed by atoms with Gasteiger partial charge in [0.2, 0.25) is 5.91 Å². The van der Waals surface area contributed by atoms with E-state index in [0.29, 0.717) is 43.5 Å². The summed E-state index contributed by atoms with van der Waals surface area (Å²) in [6.45, 7) is 6.87. The lowest BCUT2D eigenvalue weighted by Gasteiger charge is -2.50. The molecule has 1 unspecified atom stereocenters. The topological polar surface area (TPSA) is 71.5 Å². The van der Waals surface area contributed by atoms with E-state index in [0.717, 1.165) is 19.4 Å². The summed E-state index contributed by atoms with van der Waals surface area (Å²) in [6.07, 6.45) is 5.69. The van der Waals surface area contributed by atoms with Crippen LogP contribution in [-0.2, 0) is 9.53 Å². The Balaban J connectivity index is 1.45. The van der Waals surface area contributed by atoms with Crippen molar-refractivity contribution in [3.63, 3.8) is 0 Å². The average Bonchev–Trinajstić information content (AvgIpc) is 2.97. The molecule has 2 amide bonds. The van der Waals surface area contributed by atoms with Gasteiger partial charge in [-0.25, -0.2) is 0 Å². The number of pyridine rings is 1. The van der Waals surface area contributed by atoms with Crippen LogP contribution in [0.4, 0.5) is 0 Å². The highest BCUT2D eigenvalue weighted by Gasteiger charge is 2.53. The van der Waals surface area contributed by atoms with Crippen molar-refractivity contribution in [1.29, 1.82) is 0 Å². The van der Waals surface area contributed by atoms with Crippen LogP contribution in [0.1, 0.15) is 43.5 Å². The fourth-order valence-corrected chi connectivity index (χ4v) is 3.76. The molecular formula is C19H27N3O3. The van der Waals surface area contributed by atoms with Crippen LogP contribution in [0.25, 0.3) is 0 Å². The van der Waals surface area contributed by atoms with Gasteiger partial charge in [-0.3, -0.25) is 14.6 Å². The van der Waals surface area contributed by atoms with Crippen LogP contribution in [0.2, 0.25) is 0 Å². The predicted molar refractivity (Wildman–Crippen MR) is 94.0 cm³/mol. The molecule has 2 aliphatic heterocycles. The number of aromatic nitrogens is 1. The van der Waals surface area contributed by atoms with Crippen molar-refractivity contribution in [2.45, 2.75) is 38.7 Å². The molecule has 6 heteroatoms. The second-order valence-corrected chi connectivity index (χ2v) is 7.53. The number of likely N-dealkylation sites (tertiary alicyclic amines) is 1. The fraction of sp³-hybridized carbons (Fsp3) is 0.632. The molecule has 1 aromatic heterocycles. The zero-order valence-corrected chi connectivity index (χ0v) is 15.0. The zero-order chi connectivity index (χ0) is 17.9. The smallest absolute Gasteiger partial charge is 0.252 e. The van der Waals surface area contributed by atoms with Gasteiger partial charge in [0.15, 0.2) is 0 Å². The molecule has 25 heavy (non-hydrogen) atoms. The SMILES string of the molecule is CC(C)CC(=O)N1CC2(C1)OCCC2CCNC(=O)c1cccnc1. The van der Waals surface area contributed by atoms with Crippen LogP contribution < -0.4 is 5.32 Å². The number of nitrogens with one attached hydrogen (secondary N) is 1. The van der Waals surface area contributed by atoms with E-state index >= 15 is 0 Å². The first-order valence-electron chi connectivity index (χ1n) is 9.10. The monoisotopic (exact) mass is 345 g/mol. The minimum atomic E-state index is -0.189. The standard InChI is InChI=1S/C19H27N3O3/c1-14(2)10-17(23)22-12-19(13-22)16(6-9-25-19)5-8-21-18(24)15-4-3-7-20-11-15/h3-4,7,11,14,16H,5-6,8-10,12-13H2,1-2H3,(H,21,24). The Morgan fingerprint density at radius 1 is 1.44 bits per heavy atom. The molecule has 6 nitrogen and oxygen atoms in total. The molecule has 0 bridgehead atoms. The Kier molecular flexibility index (Phi) is 5.37. The molecule has 2 fully saturated rings. The molecule has 3 rings (SSSR count). The highest BCUT2D eigenvalue weighted by atomic mass is 16.5. The van der Waals surface area contributed by atoms with Crippen LogP contribution in [0.5, 0.6) is 0 Å². The van der Waals surface area contributed by atoms with Gasteiger partial charge >= 0.3 is 0 Å². The third-order valence-electron chi connectivity index (χ3n) is 5.15. The molecule has 1 spiro atoms. The van der Waals surface area contributed by atoms with Crippen molar-refractivity contribution in [3.05, 3.63) is 30.1 Å². The van der Waals surface area contributed by atoms with E-state index < -0.39 is 0 Å². The molecule has 2 saturated heterocycles. The second-order valence-electron chi connectivity index (χ2n) is 7.53. The third-order valence-corrected chi connectivity index (χ3v) is 5.15. The van der Waals surface area contributed by atoms with Crippen molar-refractivity contribution in [2.24, 2.45) is 11.8 Å². The quantitative estimate of drug-likeness (QED) is 0.854. The number of hydrogen-bond donors (Lipinski definition) is 1. The van der Waals surface area contributed by atoms with E-state index in [1.54, 1.807) is 24.5 Å². The molecule has 0 aliphatic carbocycles. The predicted octanol–water partition coefficient (Wildman–Crippen LogP) is 1.87. The molecule has 1 N–H and O–H groups in total. The maximum Gasteiger partial charge on any atom is 0.252 e. The summed E-state index contributed by atoms with van der Waals surface area (Å²) in [5.41, 5.74) is 0.389. The van der Waals surface area contributed by atoms with Crippen molar-refractivity contribution in [1.82, 2.24) is 15.2 Å². The molecular weight excluding hydrogens is 318 g/mol. The molecule has 3 heterocycles. The van der Waals surface area contributed by atoms with Crippen LogP contribution >= 0.6 is 0 Å². The lowest BCUT2D eigenvalue weighted by Crippen LogP contribution is -2.66. The van der Waals surface area contributed by atoms with Gasteiger partial charge < -0.3 is 15.0 Å². The van der Waals surface area contributed by atoms with Gasteiger partial charge in [-0.15, -0.1) is 0 Å². The number of hydrogen-bond acceptors (Lipinski definition) is 4. The fourth-order valence-electron chi connectivity index (χ4n) is 3.76. The molecule has 1 aromatic rings. The van der Waals surface area contributed by atoms with Gasteiger partial charge in [0, 0.05) is 32.0 Å². The Morgan fingerprint density at radius 2 is 2.24 bits per heavy atom. The Labute approximate surface area is 148 Å². The van der Waals surface area contributed by atoms with Gasteiger partial charge in [-0.1, -0.05) is 13.8 Å². The van der Waals surface area contributed by atoms with Gasteiger partial charge in [0.1, 0.15) is 5.60 Å². The lowest BCUT2D eigenvalue weighted by molar-refractivity contribution is -0.166. The highest BCUT2D eigenvalue weighted by molar-refractivity contribution is 5.93. The van der Waals surface area contributed by atoms with Gasteiger partial charge in [-0.2, -0.15) is 0 Å². The molecule has 2 aliphatic rings. The Hall–Kier alpha value is -1.95. The van der Waals surface area contributed by atoms with E-state index in [1.807, 2.05) is 4.90 Å². The average molecular weight is 345 g/mol. The summed E-state index contributed by atoms with van der Waals surface area (Å²) >= 11 is 0. The largest absolute Gasteiger partial charge is 0.371 e. The van der Waals surface area contributed by atoms with Gasteiger partial charge in [0.05, 0.1) is 18.7 Å². The normalized spacial score (nSPS) is 21.4. The van der Waals surface area contributed by atoms with E-state index in [-0.39, 0.29) is 17.4 Å². The minimum absolute atomic E-state index is 0.0941. The molecule has 0 aromatic carbocycles. The molecule has 0 saturated carbocycles. The number of ether oxygens (including phenoxy) is 1. The van der Waals surface area contributed by atoms with E-state index in [1.165, 1.54) is 0 Å². The van der Waals surface area contributed by atoms with Gasteiger partial charge in [-0.05, 0) is 36.8 Å². The van der Waals surface area contributed by atoms with E-state index in [2.05, 4.69) is 24.1 Å². The second kappa shape index (κ2) is 7.52. The van der Waals surface area contributed by atoms with Crippen LogP contribution in [-0.4, -0.2) is 53.5 Å². The number of rotatable bonds is 6. The lowest BCUT2D eigenvalue weighted by atomic mass is 9.78. The first-order chi connectivity index (χ1) is 12.0. The summed E-state index contributed by atoms with van der Waals surface area (Å²) in [6, 6.07) is 3.51. The van der Waals surface area contributed by atoms with Crippen molar-refractivity contribution >= 4 is 11.8 Å². The number of carbonyl (C=O) groups excluding carboxylic acids is 2. The first kappa shape index (κ1) is 17.9. The minimum Gasteiger partial charge on any atom is -0.371 e. The maximum atomic E-state index is 12.2. The maximum absolute atomic E-state index is 12.2. The van der Waals surface area contributed by atoms with E-state index in [4.69, 9.17) is 4.74 Å². The first-order valence-corrected chi connectivity index (χ1v) is 9.10.